The molecule has 0 aromatic carbocycles. The number of ketones is 1. The highest BCUT2D eigenvalue weighted by molar-refractivity contribution is 5.87. The molecule has 8 heteroatoms. The van der Waals surface area contributed by atoms with E-state index in [2.05, 4.69) is 15.5 Å². The van der Waals surface area contributed by atoms with Gasteiger partial charge in [-0.25, -0.2) is 5.10 Å². The fourth-order valence-corrected chi connectivity index (χ4v) is 1.79. The van der Waals surface area contributed by atoms with E-state index in [0.717, 1.165) is 0 Å². The Bertz CT molecular complexity index is 577. The van der Waals surface area contributed by atoms with Crippen LogP contribution in [0.3, 0.4) is 0 Å². The molecule has 0 saturated carbocycles. The minimum absolute atomic E-state index is 0.00457. The van der Waals surface area contributed by atoms with Crippen LogP contribution in [0, 0.1) is 5.92 Å². The summed E-state index contributed by atoms with van der Waals surface area (Å²) >= 11 is 0. The number of carbonyl (C=O) groups excluding carboxylic acids is 2. The second-order valence-electron chi connectivity index (χ2n) is 6.09. The van der Waals surface area contributed by atoms with E-state index in [1.807, 2.05) is 13.8 Å². The number of rotatable bonds is 10. The predicted octanol–water partition coefficient (Wildman–Crippen LogP) is 0.200. The van der Waals surface area contributed by atoms with Gasteiger partial charge >= 0.3 is 0 Å². The minimum Gasteiger partial charge on any atom is -0.467 e. The van der Waals surface area contributed by atoms with Crippen molar-refractivity contribution < 1.29 is 14.3 Å². The second-order valence-corrected chi connectivity index (χ2v) is 6.09. The fourth-order valence-electron chi connectivity index (χ4n) is 1.79. The lowest BCUT2D eigenvalue weighted by atomic mass is 10.1. The van der Waals surface area contributed by atoms with E-state index in [-0.39, 0.29) is 42.2 Å². The summed E-state index contributed by atoms with van der Waals surface area (Å²) in [5.74, 6) is -0.295. The first kappa shape index (κ1) is 19.8. The van der Waals surface area contributed by atoms with Crippen LogP contribution in [0.15, 0.2) is 16.9 Å². The first-order valence-corrected chi connectivity index (χ1v) is 8.02. The maximum atomic E-state index is 12.3. The van der Waals surface area contributed by atoms with E-state index in [1.54, 1.807) is 13.8 Å². The normalized spacial score (nSPS) is 10.9. The summed E-state index contributed by atoms with van der Waals surface area (Å²) in [4.78, 5) is 36.7. The predicted molar refractivity (Wildman–Crippen MR) is 89.9 cm³/mol. The molecule has 0 atom stereocenters. The van der Waals surface area contributed by atoms with Crippen LogP contribution in [0.4, 0.5) is 0 Å². The van der Waals surface area contributed by atoms with Crippen molar-refractivity contribution in [3.8, 4) is 5.88 Å². The number of nitrogens with zero attached hydrogens (tertiary/aromatic N) is 2. The zero-order valence-corrected chi connectivity index (χ0v) is 14.7. The lowest BCUT2D eigenvalue weighted by molar-refractivity contribution is -0.137. The Morgan fingerprint density at radius 2 is 2.00 bits per heavy atom. The molecule has 24 heavy (non-hydrogen) atoms. The maximum Gasteiger partial charge on any atom is 0.264 e. The van der Waals surface area contributed by atoms with Gasteiger partial charge in [-0.15, -0.1) is 5.10 Å². The lowest BCUT2D eigenvalue weighted by Gasteiger charge is -2.23. The third-order valence-electron chi connectivity index (χ3n) is 3.27. The van der Waals surface area contributed by atoms with Crippen molar-refractivity contribution in [1.82, 2.24) is 20.4 Å². The summed E-state index contributed by atoms with van der Waals surface area (Å²) < 4.78 is 5.27. The van der Waals surface area contributed by atoms with Gasteiger partial charge in [-0.05, 0) is 0 Å². The van der Waals surface area contributed by atoms with Gasteiger partial charge in [0.2, 0.25) is 5.88 Å². The van der Waals surface area contributed by atoms with E-state index in [1.165, 1.54) is 17.0 Å². The minimum atomic E-state index is -0.349. The first-order valence-electron chi connectivity index (χ1n) is 8.02. The maximum absolute atomic E-state index is 12.3. The van der Waals surface area contributed by atoms with Crippen molar-refractivity contribution in [2.24, 2.45) is 5.92 Å². The molecular weight excluding hydrogens is 312 g/mol. The Hall–Kier alpha value is -2.22. The van der Waals surface area contributed by atoms with E-state index in [9.17, 15) is 14.4 Å². The van der Waals surface area contributed by atoms with E-state index in [0.29, 0.717) is 19.1 Å². The number of amides is 1. The summed E-state index contributed by atoms with van der Waals surface area (Å²) in [6.07, 6.45) is 0. The molecule has 0 aliphatic heterocycles. The second kappa shape index (κ2) is 9.82. The summed E-state index contributed by atoms with van der Waals surface area (Å²) in [5.41, 5.74) is -0.349. The molecule has 0 unspecified atom stereocenters. The van der Waals surface area contributed by atoms with Gasteiger partial charge < -0.3 is 15.0 Å². The van der Waals surface area contributed by atoms with Crippen molar-refractivity contribution in [3.05, 3.63) is 22.5 Å². The summed E-state index contributed by atoms with van der Waals surface area (Å²) in [7, 11) is 0. The molecule has 0 radical (unpaired) electrons. The van der Waals surface area contributed by atoms with Gasteiger partial charge in [-0.2, -0.15) is 0 Å². The Labute approximate surface area is 141 Å². The number of aromatic nitrogens is 2. The molecule has 1 aromatic rings. The molecule has 1 aromatic heterocycles. The molecule has 1 amide bonds. The number of ether oxygens (including phenoxy) is 1. The molecule has 1 heterocycles. The average molecular weight is 338 g/mol. The smallest absolute Gasteiger partial charge is 0.264 e. The summed E-state index contributed by atoms with van der Waals surface area (Å²) in [6.45, 7) is 8.44. The molecule has 0 aliphatic rings. The fraction of sp³-hybridized carbons (Fsp3) is 0.625. The molecular formula is C16H26N4O4. The van der Waals surface area contributed by atoms with Crippen molar-refractivity contribution >= 4 is 11.7 Å². The third-order valence-corrected chi connectivity index (χ3v) is 3.27. The number of carbonyl (C=O) groups is 2. The molecule has 8 nitrogen and oxygen atoms in total. The number of Topliss-reactive ketones (excluding diaryl/α,β-unsaturated/α-hetero) is 1. The van der Waals surface area contributed by atoms with E-state index < -0.39 is 0 Å². The van der Waals surface area contributed by atoms with Gasteiger partial charge in [-0.1, -0.05) is 27.7 Å². The Morgan fingerprint density at radius 1 is 1.29 bits per heavy atom. The third kappa shape index (κ3) is 7.36. The monoisotopic (exact) mass is 338 g/mol. The van der Waals surface area contributed by atoms with E-state index >= 15 is 0 Å². The number of aromatic amines is 1. The zero-order chi connectivity index (χ0) is 18.1. The standard InChI is InChI=1S/C16H26N4O4/c1-11(2)13(21)9-20(8-7-17-12(3)4)16(23)10-24-15-6-5-14(22)18-19-15/h5-6,11-12,17H,7-10H2,1-4H3,(H,18,22). The van der Waals surface area contributed by atoms with Crippen LogP contribution in [0.25, 0.3) is 0 Å². The molecule has 1 rings (SSSR count). The quantitative estimate of drug-likeness (QED) is 0.631. The van der Waals surface area contributed by atoms with Crippen LogP contribution in [0.5, 0.6) is 5.88 Å². The van der Waals surface area contributed by atoms with Crippen LogP contribution in [-0.4, -0.2) is 59.1 Å². The van der Waals surface area contributed by atoms with Crippen molar-refractivity contribution in [3.63, 3.8) is 0 Å². The molecule has 0 saturated heterocycles. The number of H-pyrrole nitrogens is 1. The number of nitrogens with one attached hydrogen (secondary N) is 2. The van der Waals surface area contributed by atoms with Crippen LogP contribution in [-0.2, 0) is 9.59 Å². The van der Waals surface area contributed by atoms with Crippen molar-refractivity contribution in [2.45, 2.75) is 33.7 Å². The average Bonchev–Trinajstić information content (AvgIpc) is 2.52. The van der Waals surface area contributed by atoms with Crippen molar-refractivity contribution in [1.29, 1.82) is 0 Å². The molecule has 2 N–H and O–H groups in total. The van der Waals surface area contributed by atoms with Crippen LogP contribution in [0.2, 0.25) is 0 Å². The van der Waals surface area contributed by atoms with Gasteiger partial charge in [0.15, 0.2) is 12.4 Å². The molecule has 0 spiro atoms. The van der Waals surface area contributed by atoms with Crippen LogP contribution >= 0.6 is 0 Å². The van der Waals surface area contributed by atoms with Gasteiger partial charge in [0.1, 0.15) is 0 Å². The molecule has 0 fully saturated rings. The molecule has 0 bridgehead atoms. The van der Waals surface area contributed by atoms with Gasteiger partial charge in [0.05, 0.1) is 6.54 Å². The topological polar surface area (TPSA) is 104 Å². The lowest BCUT2D eigenvalue weighted by Crippen LogP contribution is -2.44. The zero-order valence-electron chi connectivity index (χ0n) is 14.7. The van der Waals surface area contributed by atoms with Crippen LogP contribution < -0.4 is 15.6 Å². The number of hydrogen-bond donors (Lipinski definition) is 2. The molecule has 134 valence electrons. The first-order chi connectivity index (χ1) is 11.3. The SMILES string of the molecule is CC(C)NCCN(CC(=O)C(C)C)C(=O)COc1ccc(=O)[nH]n1. The van der Waals surface area contributed by atoms with E-state index in [4.69, 9.17) is 4.74 Å². The Kier molecular flexibility index (Phi) is 8.11. The highest BCUT2D eigenvalue weighted by atomic mass is 16.5. The highest BCUT2D eigenvalue weighted by Crippen LogP contribution is 2.03. The molecule has 0 aliphatic carbocycles. The van der Waals surface area contributed by atoms with Gasteiger partial charge in [0, 0.05) is 37.2 Å². The van der Waals surface area contributed by atoms with Gasteiger partial charge in [-0.3, -0.25) is 14.4 Å². The largest absolute Gasteiger partial charge is 0.467 e. The van der Waals surface area contributed by atoms with Crippen LogP contribution in [0.1, 0.15) is 27.7 Å². The van der Waals surface area contributed by atoms with Crippen molar-refractivity contribution in [2.75, 3.05) is 26.2 Å². The summed E-state index contributed by atoms with van der Waals surface area (Å²) in [6, 6.07) is 2.94. The summed E-state index contributed by atoms with van der Waals surface area (Å²) in [5, 5.41) is 9.12. The highest BCUT2D eigenvalue weighted by Gasteiger charge is 2.19. The Morgan fingerprint density at radius 3 is 2.54 bits per heavy atom. The Balaban J connectivity index is 2.61. The number of hydrogen-bond acceptors (Lipinski definition) is 6. The van der Waals surface area contributed by atoms with Gasteiger partial charge in [0.25, 0.3) is 11.5 Å².